The smallest absolute Gasteiger partial charge is 0.0334 e. The average molecular weight is 290 g/mol. The monoisotopic (exact) mass is 290 g/mol. The molecule has 120 valence electrons. The minimum absolute atomic E-state index is 0.491. The fourth-order valence-corrected chi connectivity index (χ4v) is 5.38. The largest absolute Gasteiger partial charge is 0.308 e. The molecular formula is C19H34N2. The van der Waals surface area contributed by atoms with Crippen LogP contribution in [-0.2, 0) is 0 Å². The number of rotatable bonds is 3. The Hall–Kier alpha value is -0.0800. The summed E-state index contributed by atoms with van der Waals surface area (Å²) < 4.78 is 0. The molecular weight excluding hydrogens is 256 g/mol. The van der Waals surface area contributed by atoms with Crippen LogP contribution in [-0.4, -0.2) is 35.6 Å². The second-order valence-corrected chi connectivity index (χ2v) is 8.63. The summed E-state index contributed by atoms with van der Waals surface area (Å²) in [5.74, 6) is 1.09. The molecule has 4 fully saturated rings. The summed E-state index contributed by atoms with van der Waals surface area (Å²) in [7, 11) is 0. The molecule has 2 nitrogen and oxygen atoms in total. The summed E-state index contributed by atoms with van der Waals surface area (Å²) in [5, 5.41) is 4.09. The normalized spacial score (nSPS) is 32.6. The zero-order valence-corrected chi connectivity index (χ0v) is 13.8. The molecule has 0 bridgehead atoms. The first-order valence-electron chi connectivity index (χ1n) is 9.81. The molecule has 0 aromatic rings. The van der Waals surface area contributed by atoms with Gasteiger partial charge in [-0.3, -0.25) is 4.90 Å². The van der Waals surface area contributed by atoms with Crippen molar-refractivity contribution in [1.29, 1.82) is 0 Å². The predicted molar refractivity (Wildman–Crippen MR) is 88.5 cm³/mol. The van der Waals surface area contributed by atoms with E-state index >= 15 is 0 Å². The number of nitrogens with zero attached hydrogens (tertiary/aromatic N) is 1. The van der Waals surface area contributed by atoms with Gasteiger partial charge in [0.1, 0.15) is 0 Å². The van der Waals surface area contributed by atoms with Crippen molar-refractivity contribution in [3.05, 3.63) is 0 Å². The topological polar surface area (TPSA) is 15.3 Å². The Morgan fingerprint density at radius 1 is 0.857 bits per heavy atom. The van der Waals surface area contributed by atoms with Crippen molar-refractivity contribution in [2.45, 2.75) is 94.5 Å². The summed E-state index contributed by atoms with van der Waals surface area (Å²) in [4.78, 5) is 2.99. The van der Waals surface area contributed by atoms with E-state index in [2.05, 4.69) is 10.2 Å². The van der Waals surface area contributed by atoms with Gasteiger partial charge in [-0.15, -0.1) is 0 Å². The van der Waals surface area contributed by atoms with Crippen LogP contribution >= 0.6 is 0 Å². The highest BCUT2D eigenvalue weighted by Crippen LogP contribution is 2.42. The summed E-state index contributed by atoms with van der Waals surface area (Å²) in [6, 6.07) is 0. The molecule has 0 amide bonds. The van der Waals surface area contributed by atoms with E-state index in [-0.39, 0.29) is 0 Å². The second kappa shape index (κ2) is 5.85. The summed E-state index contributed by atoms with van der Waals surface area (Å²) in [6.45, 7) is 4.05. The van der Waals surface area contributed by atoms with E-state index in [9.17, 15) is 0 Å². The molecule has 2 spiro atoms. The van der Waals surface area contributed by atoms with Gasteiger partial charge < -0.3 is 5.32 Å². The maximum atomic E-state index is 4.09. The van der Waals surface area contributed by atoms with Crippen molar-refractivity contribution in [2.24, 2.45) is 5.92 Å². The van der Waals surface area contributed by atoms with Crippen LogP contribution < -0.4 is 5.32 Å². The molecule has 1 N–H and O–H groups in total. The van der Waals surface area contributed by atoms with Crippen LogP contribution in [0.1, 0.15) is 83.5 Å². The molecule has 4 rings (SSSR count). The van der Waals surface area contributed by atoms with Crippen molar-refractivity contribution in [2.75, 3.05) is 19.6 Å². The van der Waals surface area contributed by atoms with E-state index in [1.54, 1.807) is 0 Å². The van der Waals surface area contributed by atoms with E-state index in [4.69, 9.17) is 0 Å². The minimum atomic E-state index is 0.491. The molecule has 1 aliphatic heterocycles. The van der Waals surface area contributed by atoms with Gasteiger partial charge in [0.05, 0.1) is 0 Å². The first-order valence-corrected chi connectivity index (χ1v) is 9.81. The van der Waals surface area contributed by atoms with E-state index in [1.165, 1.54) is 103 Å². The van der Waals surface area contributed by atoms with Gasteiger partial charge in [-0.25, -0.2) is 0 Å². The highest BCUT2D eigenvalue weighted by molar-refractivity contribution is 5.07. The zero-order chi connectivity index (χ0) is 14.2. The fourth-order valence-electron chi connectivity index (χ4n) is 5.38. The van der Waals surface area contributed by atoms with E-state index < -0.39 is 0 Å². The highest BCUT2D eigenvalue weighted by atomic mass is 15.3. The van der Waals surface area contributed by atoms with E-state index in [0.29, 0.717) is 11.1 Å². The van der Waals surface area contributed by atoms with Crippen molar-refractivity contribution in [3.63, 3.8) is 0 Å². The van der Waals surface area contributed by atoms with Crippen LogP contribution in [0.3, 0.4) is 0 Å². The molecule has 0 atom stereocenters. The molecule has 0 aromatic heterocycles. The quantitative estimate of drug-likeness (QED) is 0.842. The first-order chi connectivity index (χ1) is 10.3. The molecule has 0 unspecified atom stereocenters. The van der Waals surface area contributed by atoms with Crippen LogP contribution in [0.25, 0.3) is 0 Å². The lowest BCUT2D eigenvalue weighted by Crippen LogP contribution is -2.70. The van der Waals surface area contributed by atoms with Gasteiger partial charge in [0.2, 0.25) is 0 Å². The number of hydrogen-bond donors (Lipinski definition) is 1. The third-order valence-corrected chi connectivity index (χ3v) is 7.06. The third kappa shape index (κ3) is 3.03. The van der Waals surface area contributed by atoms with E-state index in [1.807, 2.05) is 0 Å². The first kappa shape index (κ1) is 14.5. The second-order valence-electron chi connectivity index (χ2n) is 8.63. The molecule has 4 aliphatic rings. The van der Waals surface area contributed by atoms with Crippen LogP contribution in [0.5, 0.6) is 0 Å². The molecule has 3 aliphatic carbocycles. The van der Waals surface area contributed by atoms with Crippen LogP contribution in [0, 0.1) is 5.92 Å². The molecule has 0 aromatic carbocycles. The standard InChI is InChI=1S/C19H34N2/c1-3-10-18(11-4-1)16-21(14-9-17-7-8-17)19(15-20-18)12-5-2-6-13-19/h17,20H,1-16H2. The van der Waals surface area contributed by atoms with Gasteiger partial charge in [0.25, 0.3) is 0 Å². The number of hydrogen-bond acceptors (Lipinski definition) is 2. The minimum Gasteiger partial charge on any atom is -0.308 e. The number of piperazine rings is 1. The Balaban J connectivity index is 1.48. The van der Waals surface area contributed by atoms with Crippen LogP contribution in [0.2, 0.25) is 0 Å². The van der Waals surface area contributed by atoms with Gasteiger partial charge >= 0.3 is 0 Å². The van der Waals surface area contributed by atoms with Crippen LogP contribution in [0.15, 0.2) is 0 Å². The fraction of sp³-hybridized carbons (Fsp3) is 1.00. The van der Waals surface area contributed by atoms with Gasteiger partial charge in [-0.05, 0) is 44.6 Å². The maximum Gasteiger partial charge on any atom is 0.0334 e. The van der Waals surface area contributed by atoms with Crippen molar-refractivity contribution in [3.8, 4) is 0 Å². The molecule has 0 radical (unpaired) electrons. The molecule has 1 heterocycles. The third-order valence-electron chi connectivity index (χ3n) is 7.06. The molecule has 21 heavy (non-hydrogen) atoms. The van der Waals surface area contributed by atoms with Crippen molar-refractivity contribution < 1.29 is 0 Å². The summed E-state index contributed by atoms with van der Waals surface area (Å²) in [6.07, 6.45) is 19.1. The van der Waals surface area contributed by atoms with Gasteiger partial charge in [0.15, 0.2) is 0 Å². The van der Waals surface area contributed by atoms with Crippen molar-refractivity contribution in [1.82, 2.24) is 10.2 Å². The average Bonchev–Trinajstić information content (AvgIpc) is 3.35. The van der Waals surface area contributed by atoms with Gasteiger partial charge in [0, 0.05) is 24.2 Å². The Labute approximate surface area is 131 Å². The van der Waals surface area contributed by atoms with Gasteiger partial charge in [-0.2, -0.15) is 0 Å². The van der Waals surface area contributed by atoms with Crippen LogP contribution in [0.4, 0.5) is 0 Å². The number of nitrogens with one attached hydrogen (secondary N) is 1. The summed E-state index contributed by atoms with van der Waals surface area (Å²) >= 11 is 0. The molecule has 2 heteroatoms. The predicted octanol–water partition coefficient (Wildman–Crippen LogP) is 4.10. The Kier molecular flexibility index (Phi) is 4.04. The zero-order valence-electron chi connectivity index (χ0n) is 13.8. The molecule has 1 saturated heterocycles. The maximum absolute atomic E-state index is 4.09. The van der Waals surface area contributed by atoms with Gasteiger partial charge in [-0.1, -0.05) is 51.4 Å². The lowest BCUT2D eigenvalue weighted by molar-refractivity contribution is -0.0309. The SMILES string of the molecule is C1CCC2(CC1)CN(CCC1CC1)C1(CCCCC1)CN2. The Morgan fingerprint density at radius 2 is 1.52 bits per heavy atom. The lowest BCUT2D eigenvalue weighted by Gasteiger charge is -2.57. The Morgan fingerprint density at radius 3 is 2.19 bits per heavy atom. The highest BCUT2D eigenvalue weighted by Gasteiger charge is 2.47. The van der Waals surface area contributed by atoms with E-state index in [0.717, 1.165) is 5.92 Å². The lowest BCUT2D eigenvalue weighted by atomic mass is 9.72. The Bertz CT molecular complexity index is 349. The molecule has 3 saturated carbocycles. The summed E-state index contributed by atoms with van der Waals surface area (Å²) in [5.41, 5.74) is 1.03. The van der Waals surface area contributed by atoms with Crippen molar-refractivity contribution >= 4 is 0 Å².